The Bertz CT molecular complexity index is 784. The molecule has 8 heteroatoms. The molecule has 2 aliphatic rings. The molecule has 0 N–H and O–H groups in total. The van der Waals surface area contributed by atoms with Crippen LogP contribution in [0.15, 0.2) is 28.8 Å². The Hall–Kier alpha value is -2.38. The zero-order valence-corrected chi connectivity index (χ0v) is 13.9. The van der Waals surface area contributed by atoms with E-state index in [1.807, 2.05) is 0 Å². The first-order valence-corrected chi connectivity index (χ1v) is 8.64. The largest absolute Gasteiger partial charge is 0.416 e. The normalized spacial score (nSPS) is 23.9. The first kappa shape index (κ1) is 17.1. The van der Waals surface area contributed by atoms with Crippen molar-refractivity contribution in [1.29, 1.82) is 0 Å². The van der Waals surface area contributed by atoms with Crippen molar-refractivity contribution in [3.63, 3.8) is 0 Å². The van der Waals surface area contributed by atoms with Crippen molar-refractivity contribution >= 4 is 6.41 Å². The van der Waals surface area contributed by atoms with Crippen LogP contribution in [-0.4, -0.2) is 34.5 Å². The second kappa shape index (κ2) is 6.41. The predicted molar refractivity (Wildman–Crippen MR) is 85.5 cm³/mol. The van der Waals surface area contributed by atoms with Crippen LogP contribution in [0.2, 0.25) is 0 Å². The van der Waals surface area contributed by atoms with Crippen LogP contribution < -0.4 is 0 Å². The fourth-order valence-corrected chi connectivity index (χ4v) is 3.50. The third kappa shape index (κ3) is 3.45. The van der Waals surface area contributed by atoms with Crippen LogP contribution in [0.25, 0.3) is 0 Å². The molecule has 2 heterocycles. The fraction of sp³-hybridized carbons (Fsp3) is 0.500. The molecule has 2 aromatic rings. The Morgan fingerprint density at radius 3 is 2.38 bits per heavy atom. The van der Waals surface area contributed by atoms with E-state index in [9.17, 15) is 18.0 Å². The van der Waals surface area contributed by atoms with Crippen LogP contribution in [0, 0.1) is 0 Å². The minimum atomic E-state index is -4.36. The molecular formula is C18H18F3N3O2. The average molecular weight is 365 g/mol. The van der Waals surface area contributed by atoms with Crippen molar-refractivity contribution in [3.8, 4) is 0 Å². The molecule has 4 rings (SSSR count). The van der Waals surface area contributed by atoms with Crippen molar-refractivity contribution in [2.45, 2.75) is 43.2 Å². The van der Waals surface area contributed by atoms with Crippen LogP contribution in [-0.2, 0) is 11.0 Å². The summed E-state index contributed by atoms with van der Waals surface area (Å²) in [5, 5.41) is 4.02. The number of amides is 1. The van der Waals surface area contributed by atoms with Gasteiger partial charge in [-0.15, -0.1) is 0 Å². The summed E-state index contributed by atoms with van der Waals surface area (Å²) in [5.41, 5.74) is 0.100. The number of hydrogen-bond acceptors (Lipinski definition) is 4. The molecular weight excluding hydrogens is 347 g/mol. The molecule has 1 saturated carbocycles. The van der Waals surface area contributed by atoms with Gasteiger partial charge in [-0.1, -0.05) is 17.3 Å². The van der Waals surface area contributed by atoms with Crippen LogP contribution in [0.1, 0.15) is 59.9 Å². The highest BCUT2D eigenvalue weighted by Gasteiger charge is 2.35. The highest BCUT2D eigenvalue weighted by atomic mass is 19.4. The van der Waals surface area contributed by atoms with Crippen LogP contribution in [0.5, 0.6) is 0 Å². The summed E-state index contributed by atoms with van der Waals surface area (Å²) in [6.07, 6.45) is -0.800. The first-order chi connectivity index (χ1) is 12.4. The number of likely N-dealkylation sites (tertiary alicyclic amines) is 1. The molecule has 1 aliphatic heterocycles. The van der Waals surface area contributed by atoms with Gasteiger partial charge < -0.3 is 9.42 Å². The molecule has 1 saturated heterocycles. The monoisotopic (exact) mass is 365 g/mol. The van der Waals surface area contributed by atoms with Crippen LogP contribution >= 0.6 is 0 Å². The van der Waals surface area contributed by atoms with E-state index >= 15 is 0 Å². The molecule has 5 nitrogen and oxygen atoms in total. The summed E-state index contributed by atoms with van der Waals surface area (Å²) in [7, 11) is 0. The van der Waals surface area contributed by atoms with Gasteiger partial charge >= 0.3 is 6.18 Å². The molecule has 2 unspecified atom stereocenters. The van der Waals surface area contributed by atoms with Gasteiger partial charge in [-0.25, -0.2) is 0 Å². The Morgan fingerprint density at radius 2 is 1.77 bits per heavy atom. The molecule has 1 aromatic heterocycles. The van der Waals surface area contributed by atoms with Crippen LogP contribution in [0.3, 0.4) is 0 Å². The van der Waals surface area contributed by atoms with E-state index in [0.29, 0.717) is 37.1 Å². The lowest BCUT2D eigenvalue weighted by atomic mass is 9.84. The number of nitrogens with zero attached hydrogens (tertiary/aromatic N) is 3. The van der Waals surface area contributed by atoms with Gasteiger partial charge in [0.15, 0.2) is 5.82 Å². The van der Waals surface area contributed by atoms with Crippen molar-refractivity contribution in [2.75, 3.05) is 13.1 Å². The average Bonchev–Trinajstić information content (AvgIpc) is 3.37. The topological polar surface area (TPSA) is 59.2 Å². The summed E-state index contributed by atoms with van der Waals surface area (Å²) >= 11 is 0. The number of benzene rings is 1. The summed E-state index contributed by atoms with van der Waals surface area (Å²) in [5.74, 6) is 1.42. The van der Waals surface area contributed by atoms with Gasteiger partial charge in [-0.3, -0.25) is 4.79 Å². The lowest BCUT2D eigenvalue weighted by molar-refractivity contribution is -0.137. The number of hydrogen-bond donors (Lipinski definition) is 0. The lowest BCUT2D eigenvalue weighted by Gasteiger charge is -2.34. The van der Waals surface area contributed by atoms with Crippen molar-refractivity contribution in [1.82, 2.24) is 15.0 Å². The number of rotatable bonds is 4. The molecule has 138 valence electrons. The molecule has 0 radical (unpaired) electrons. The number of carbonyl (C=O) groups is 1. The van der Waals surface area contributed by atoms with Crippen molar-refractivity contribution in [2.24, 2.45) is 0 Å². The van der Waals surface area contributed by atoms with Gasteiger partial charge in [0.2, 0.25) is 12.3 Å². The Balaban J connectivity index is 1.54. The molecule has 26 heavy (non-hydrogen) atoms. The second-order valence-electron chi connectivity index (χ2n) is 7.07. The molecule has 0 bridgehead atoms. The summed E-state index contributed by atoms with van der Waals surface area (Å²) in [6.45, 7) is 0.946. The summed E-state index contributed by atoms with van der Waals surface area (Å²) in [6, 6.07) is 5.15. The highest BCUT2D eigenvalue weighted by molar-refractivity contribution is 5.48. The maximum absolute atomic E-state index is 12.8. The first-order valence-electron chi connectivity index (χ1n) is 8.64. The zero-order valence-electron chi connectivity index (χ0n) is 13.9. The molecule has 1 aromatic carbocycles. The number of halogens is 3. The Labute approximate surface area is 148 Å². The van der Waals surface area contributed by atoms with E-state index < -0.39 is 11.7 Å². The molecule has 2 atom stereocenters. The Morgan fingerprint density at radius 1 is 1.08 bits per heavy atom. The quantitative estimate of drug-likeness (QED) is 0.776. The van der Waals surface area contributed by atoms with Crippen molar-refractivity contribution < 1.29 is 22.5 Å². The number of alkyl halides is 3. The molecule has 0 spiro atoms. The van der Waals surface area contributed by atoms with E-state index in [1.54, 1.807) is 4.90 Å². The summed E-state index contributed by atoms with van der Waals surface area (Å²) < 4.78 is 43.7. The van der Waals surface area contributed by atoms with E-state index in [0.717, 1.165) is 36.9 Å². The van der Waals surface area contributed by atoms with Crippen LogP contribution in [0.4, 0.5) is 13.2 Å². The van der Waals surface area contributed by atoms with Gasteiger partial charge in [-0.05, 0) is 37.0 Å². The molecule has 1 amide bonds. The van der Waals surface area contributed by atoms with E-state index in [2.05, 4.69) is 10.1 Å². The number of aromatic nitrogens is 2. The van der Waals surface area contributed by atoms with Gasteiger partial charge in [0.05, 0.1) is 11.5 Å². The third-order valence-electron chi connectivity index (χ3n) is 5.09. The van der Waals surface area contributed by atoms with Gasteiger partial charge in [0.1, 0.15) is 0 Å². The van der Waals surface area contributed by atoms with E-state index in [4.69, 9.17) is 4.52 Å². The van der Waals surface area contributed by atoms with E-state index in [-0.39, 0.29) is 11.8 Å². The molecule has 1 aliphatic carbocycles. The lowest BCUT2D eigenvalue weighted by Crippen LogP contribution is -2.37. The maximum atomic E-state index is 12.8. The van der Waals surface area contributed by atoms with Crippen molar-refractivity contribution in [3.05, 3.63) is 47.1 Å². The number of piperidine rings is 1. The maximum Gasteiger partial charge on any atom is 0.416 e. The Kier molecular flexibility index (Phi) is 4.20. The van der Waals surface area contributed by atoms with E-state index in [1.165, 1.54) is 12.1 Å². The smallest absolute Gasteiger partial charge is 0.344 e. The predicted octanol–water partition coefficient (Wildman–Crippen LogP) is 3.70. The number of carbonyl (C=O) groups excluding carboxylic acids is 1. The SMILES string of the molecule is O=CN1CC(c2ccc(C(F)(F)F)cc2)CC(c2nc(C3CC3)no2)C1. The van der Waals surface area contributed by atoms with Gasteiger partial charge in [0.25, 0.3) is 0 Å². The summed E-state index contributed by atoms with van der Waals surface area (Å²) in [4.78, 5) is 17.4. The van der Waals surface area contributed by atoms with Gasteiger partial charge in [0, 0.05) is 24.9 Å². The van der Waals surface area contributed by atoms with Gasteiger partial charge in [-0.2, -0.15) is 18.2 Å². The highest BCUT2D eigenvalue weighted by Crippen LogP contribution is 2.40. The fourth-order valence-electron chi connectivity index (χ4n) is 3.50. The zero-order chi connectivity index (χ0) is 18.3. The third-order valence-corrected chi connectivity index (χ3v) is 5.09. The minimum Gasteiger partial charge on any atom is -0.344 e. The standard InChI is InChI=1S/C18H18F3N3O2/c19-18(20,21)15-5-3-11(4-6-15)13-7-14(9-24(8-13)10-25)17-22-16(23-26-17)12-1-2-12/h3-6,10,12-14H,1-2,7-9H2. The molecule has 2 fully saturated rings. The minimum absolute atomic E-state index is 0.0718. The second-order valence-corrected chi connectivity index (χ2v) is 7.07.